The molecule has 9 nitrogen and oxygen atoms in total. The highest BCUT2D eigenvalue weighted by Crippen LogP contribution is 2.31. The van der Waals surface area contributed by atoms with Crippen LogP contribution in [0.25, 0.3) is 10.9 Å². The second-order valence-electron chi connectivity index (χ2n) is 9.21. The van der Waals surface area contributed by atoms with E-state index in [0.717, 1.165) is 32.6 Å². The number of aromatic nitrogens is 1. The van der Waals surface area contributed by atoms with Crippen LogP contribution < -0.4 is 5.32 Å². The molecule has 2 N–H and O–H groups in total. The number of nitrogens with one attached hydrogen (secondary N) is 2. The number of nitrogens with zero attached hydrogens (tertiary/aromatic N) is 2. The Bertz CT molecular complexity index is 1380. The van der Waals surface area contributed by atoms with Gasteiger partial charge < -0.3 is 19.9 Å². The van der Waals surface area contributed by atoms with Gasteiger partial charge in [-0.2, -0.15) is 0 Å². The summed E-state index contributed by atoms with van der Waals surface area (Å²) in [7, 11) is 1.33. The van der Waals surface area contributed by atoms with Crippen molar-refractivity contribution in [3.63, 3.8) is 0 Å². The summed E-state index contributed by atoms with van der Waals surface area (Å²) in [6, 6.07) is 12.1. The van der Waals surface area contributed by atoms with E-state index in [0.29, 0.717) is 30.6 Å². The van der Waals surface area contributed by atoms with E-state index in [4.69, 9.17) is 4.74 Å². The number of carbonyl (C=O) groups is 4. The number of H-pyrrole nitrogens is 1. The Kier molecular flexibility index (Phi) is 5.35. The van der Waals surface area contributed by atoms with Crippen LogP contribution >= 0.6 is 0 Å². The van der Waals surface area contributed by atoms with Crippen molar-refractivity contribution in [2.75, 3.05) is 20.2 Å². The van der Waals surface area contributed by atoms with Crippen LogP contribution in [0.3, 0.4) is 0 Å². The summed E-state index contributed by atoms with van der Waals surface area (Å²) in [6.45, 7) is 4.04. The summed E-state index contributed by atoms with van der Waals surface area (Å²) < 4.78 is 4.83. The normalized spacial score (nSPS) is 19.6. The average molecular weight is 475 g/mol. The fourth-order valence-electron chi connectivity index (χ4n) is 4.83. The Labute approximate surface area is 202 Å². The van der Waals surface area contributed by atoms with Crippen LogP contribution in [-0.2, 0) is 32.8 Å². The lowest BCUT2D eigenvalue weighted by molar-refractivity contribution is -0.139. The molecule has 0 aliphatic carbocycles. The molecule has 0 spiro atoms. The fraction of sp³-hybridized carbons (Fsp3) is 0.308. The van der Waals surface area contributed by atoms with Crippen LogP contribution in [0.5, 0.6) is 0 Å². The van der Waals surface area contributed by atoms with Gasteiger partial charge in [-0.05, 0) is 37.6 Å². The summed E-state index contributed by atoms with van der Waals surface area (Å²) in [5.74, 6) is -1.20. The lowest BCUT2D eigenvalue weighted by Crippen LogP contribution is -2.45. The number of ether oxygens (including phenoxy) is 1. The van der Waals surface area contributed by atoms with Gasteiger partial charge in [0.05, 0.1) is 12.7 Å². The van der Waals surface area contributed by atoms with Crippen LogP contribution in [-0.4, -0.2) is 58.8 Å². The smallest absolute Gasteiger partial charge is 0.337 e. The first-order chi connectivity index (χ1) is 16.7. The number of hydrogen-bond donors (Lipinski definition) is 2. The van der Waals surface area contributed by atoms with Gasteiger partial charge in [0, 0.05) is 41.7 Å². The minimum atomic E-state index is -1.22. The number of aryl methyl sites for hydroxylation is 1. The molecule has 9 heteroatoms. The number of amides is 4. The highest BCUT2D eigenvalue weighted by molar-refractivity contribution is 6.09. The number of urea groups is 1. The zero-order chi connectivity index (χ0) is 24.9. The summed E-state index contributed by atoms with van der Waals surface area (Å²) in [5, 5.41) is 3.60. The quantitative estimate of drug-likeness (QED) is 0.446. The third-order valence-corrected chi connectivity index (χ3v) is 6.95. The summed E-state index contributed by atoms with van der Waals surface area (Å²) >= 11 is 0. The Morgan fingerprint density at radius 3 is 2.57 bits per heavy atom. The van der Waals surface area contributed by atoms with E-state index in [2.05, 4.69) is 10.3 Å². The molecular formula is C26H26N4O5. The van der Waals surface area contributed by atoms with Crippen molar-refractivity contribution in [3.05, 3.63) is 70.4 Å². The Hall–Kier alpha value is -4.14. The lowest BCUT2D eigenvalue weighted by atomic mass is 9.91. The fourth-order valence-corrected chi connectivity index (χ4v) is 4.83. The molecular weight excluding hydrogens is 448 g/mol. The van der Waals surface area contributed by atoms with E-state index in [-0.39, 0.29) is 12.5 Å². The lowest BCUT2D eigenvalue weighted by Gasteiger charge is -2.29. The van der Waals surface area contributed by atoms with E-state index in [9.17, 15) is 19.2 Å². The van der Waals surface area contributed by atoms with E-state index >= 15 is 0 Å². The first-order valence-electron chi connectivity index (χ1n) is 11.4. The third-order valence-electron chi connectivity index (χ3n) is 6.95. The highest BCUT2D eigenvalue weighted by atomic mass is 16.5. The van der Waals surface area contributed by atoms with Crippen molar-refractivity contribution in [1.29, 1.82) is 0 Å². The second kappa shape index (κ2) is 8.26. The van der Waals surface area contributed by atoms with Crippen molar-refractivity contribution in [2.45, 2.75) is 32.4 Å². The molecule has 1 aromatic heterocycles. The topological polar surface area (TPSA) is 112 Å². The Morgan fingerprint density at radius 1 is 1.11 bits per heavy atom. The first kappa shape index (κ1) is 22.6. The summed E-state index contributed by atoms with van der Waals surface area (Å²) in [5.41, 5.74) is 3.72. The molecule has 0 saturated carbocycles. The van der Waals surface area contributed by atoms with Gasteiger partial charge in [0.25, 0.3) is 5.91 Å². The molecule has 1 saturated heterocycles. The minimum absolute atomic E-state index is 0.314. The maximum absolute atomic E-state index is 13.2. The molecule has 2 aromatic carbocycles. The zero-order valence-corrected chi connectivity index (χ0v) is 19.8. The average Bonchev–Trinajstić information content (AvgIpc) is 3.33. The molecule has 35 heavy (non-hydrogen) atoms. The molecule has 2 aliphatic rings. The molecule has 180 valence electrons. The van der Waals surface area contributed by atoms with Crippen molar-refractivity contribution in [2.24, 2.45) is 0 Å². The monoisotopic (exact) mass is 474 g/mol. The maximum Gasteiger partial charge on any atom is 0.337 e. The predicted molar refractivity (Wildman–Crippen MR) is 128 cm³/mol. The van der Waals surface area contributed by atoms with E-state index < -0.39 is 23.4 Å². The van der Waals surface area contributed by atoms with Gasteiger partial charge >= 0.3 is 12.0 Å². The number of aromatic amines is 1. The number of imide groups is 1. The van der Waals surface area contributed by atoms with E-state index in [1.807, 2.05) is 37.3 Å². The van der Waals surface area contributed by atoms with Gasteiger partial charge in [-0.25, -0.2) is 9.59 Å². The number of hydrogen-bond acceptors (Lipinski definition) is 5. The van der Waals surface area contributed by atoms with Crippen molar-refractivity contribution >= 4 is 34.7 Å². The maximum atomic E-state index is 13.2. The van der Waals surface area contributed by atoms with Gasteiger partial charge in [-0.15, -0.1) is 0 Å². The van der Waals surface area contributed by atoms with Crippen LogP contribution in [0.2, 0.25) is 0 Å². The number of benzene rings is 2. The van der Waals surface area contributed by atoms with Crippen LogP contribution in [0.4, 0.5) is 4.79 Å². The molecule has 0 unspecified atom stereocenters. The molecule has 2 aliphatic heterocycles. The van der Waals surface area contributed by atoms with E-state index in [1.54, 1.807) is 24.0 Å². The molecule has 3 heterocycles. The van der Waals surface area contributed by atoms with Gasteiger partial charge in [0.1, 0.15) is 12.1 Å². The van der Waals surface area contributed by atoms with Gasteiger partial charge in [0.15, 0.2) is 0 Å². The largest absolute Gasteiger partial charge is 0.465 e. The van der Waals surface area contributed by atoms with Crippen LogP contribution in [0.1, 0.15) is 39.7 Å². The van der Waals surface area contributed by atoms with Crippen molar-refractivity contribution < 1.29 is 23.9 Å². The number of carbonyl (C=O) groups excluding carboxylic acids is 4. The third kappa shape index (κ3) is 3.73. The molecule has 0 bridgehead atoms. The SMILES string of the molecule is COC(=O)c1ccc2[nH]c3c(c2c1)CN(C(=O)CN1C(=O)N[C@](C)(c2ccc(C)cc2)C1=O)CC3. The molecule has 3 aromatic rings. The minimum Gasteiger partial charge on any atom is -0.465 e. The Balaban J connectivity index is 1.35. The van der Waals surface area contributed by atoms with Crippen molar-refractivity contribution in [3.8, 4) is 0 Å². The molecule has 4 amide bonds. The standard InChI is InChI=1S/C26H26N4O5/c1-15-4-7-17(8-5-15)26(2)24(33)30(25(34)28-26)14-22(31)29-11-10-21-19(13-29)18-12-16(23(32)35-3)6-9-20(18)27-21/h4-9,12,27H,10-11,13-14H2,1-3H3,(H,28,34)/t26-/m1/s1. The molecule has 0 radical (unpaired) electrons. The molecule has 1 fully saturated rings. The Morgan fingerprint density at radius 2 is 1.86 bits per heavy atom. The number of rotatable bonds is 4. The van der Waals surface area contributed by atoms with E-state index in [1.165, 1.54) is 7.11 Å². The summed E-state index contributed by atoms with van der Waals surface area (Å²) in [4.78, 5) is 57.1. The highest BCUT2D eigenvalue weighted by Gasteiger charge is 2.49. The molecule has 5 rings (SSSR count). The van der Waals surface area contributed by atoms with Gasteiger partial charge in [-0.1, -0.05) is 29.8 Å². The zero-order valence-electron chi connectivity index (χ0n) is 19.8. The predicted octanol–water partition coefficient (Wildman–Crippen LogP) is 2.61. The van der Waals surface area contributed by atoms with Gasteiger partial charge in [-0.3, -0.25) is 14.5 Å². The molecule has 1 atom stereocenters. The van der Waals surface area contributed by atoms with Gasteiger partial charge in [0.2, 0.25) is 5.91 Å². The number of methoxy groups -OCH3 is 1. The van der Waals surface area contributed by atoms with Crippen LogP contribution in [0.15, 0.2) is 42.5 Å². The summed E-state index contributed by atoms with van der Waals surface area (Å²) in [6.07, 6.45) is 0.602. The van der Waals surface area contributed by atoms with Crippen LogP contribution in [0, 0.1) is 6.92 Å². The second-order valence-corrected chi connectivity index (χ2v) is 9.21. The first-order valence-corrected chi connectivity index (χ1v) is 11.4. The number of esters is 1. The number of fused-ring (bicyclic) bond motifs is 3. The van der Waals surface area contributed by atoms with Crippen molar-refractivity contribution in [1.82, 2.24) is 20.1 Å².